The molecule has 0 aliphatic rings. The summed E-state index contributed by atoms with van der Waals surface area (Å²) in [5.41, 5.74) is 0.987. The highest BCUT2D eigenvalue weighted by molar-refractivity contribution is 5.68. The Morgan fingerprint density at radius 3 is 2.67 bits per heavy atom. The molecule has 0 atom stereocenters. The van der Waals surface area contributed by atoms with Gasteiger partial charge in [0.2, 0.25) is 0 Å². The Hall–Kier alpha value is -1.35. The number of benzene rings is 1. The van der Waals surface area contributed by atoms with Crippen LogP contribution in [-0.2, 0) is 21.2 Å². The van der Waals surface area contributed by atoms with Crippen LogP contribution in [0.3, 0.4) is 0 Å². The van der Waals surface area contributed by atoms with Crippen LogP contribution in [0.2, 0.25) is 0 Å². The minimum atomic E-state index is -0.298. The highest BCUT2D eigenvalue weighted by Gasteiger charge is 2.02. The van der Waals surface area contributed by atoms with Gasteiger partial charge in [0.15, 0.2) is 0 Å². The molecule has 0 heterocycles. The van der Waals surface area contributed by atoms with Crippen LogP contribution < -0.4 is 0 Å². The molecule has 82 valence electrons. The van der Waals surface area contributed by atoms with Gasteiger partial charge in [0, 0.05) is 6.42 Å². The Morgan fingerprint density at radius 2 is 2.00 bits per heavy atom. The van der Waals surface area contributed by atoms with Gasteiger partial charge in [0.25, 0.3) is 0 Å². The van der Waals surface area contributed by atoms with E-state index in [4.69, 9.17) is 4.89 Å². The first kappa shape index (κ1) is 11.7. The predicted octanol–water partition coefficient (Wildman–Crippen LogP) is 2.85. The van der Waals surface area contributed by atoms with Crippen LogP contribution in [-0.4, -0.2) is 5.97 Å². The van der Waals surface area contributed by atoms with Crippen LogP contribution >= 0.6 is 0 Å². The van der Waals surface area contributed by atoms with Crippen molar-refractivity contribution >= 4 is 5.97 Å². The molecule has 15 heavy (non-hydrogen) atoms. The molecule has 0 saturated heterocycles. The predicted molar refractivity (Wildman–Crippen MR) is 56.8 cm³/mol. The van der Waals surface area contributed by atoms with Gasteiger partial charge < -0.3 is 0 Å². The number of hydrogen-bond acceptors (Lipinski definition) is 3. The number of rotatable bonds is 6. The van der Waals surface area contributed by atoms with E-state index in [9.17, 15) is 4.79 Å². The van der Waals surface area contributed by atoms with Gasteiger partial charge >= 0.3 is 5.97 Å². The SMILES string of the molecule is CCCCC(=O)OOCc1ccccc1. The molecular weight excluding hydrogens is 192 g/mol. The fourth-order valence-corrected chi connectivity index (χ4v) is 1.10. The van der Waals surface area contributed by atoms with E-state index in [1.807, 2.05) is 37.3 Å². The fraction of sp³-hybridized carbons (Fsp3) is 0.417. The lowest BCUT2D eigenvalue weighted by molar-refractivity contribution is -0.280. The molecular formula is C12H16O3. The van der Waals surface area contributed by atoms with Gasteiger partial charge in [-0.25, -0.2) is 4.79 Å². The van der Waals surface area contributed by atoms with Crippen LogP contribution in [0.1, 0.15) is 31.7 Å². The van der Waals surface area contributed by atoms with Crippen LogP contribution in [0.15, 0.2) is 30.3 Å². The Bertz CT molecular complexity index is 282. The van der Waals surface area contributed by atoms with Crippen LogP contribution in [0.25, 0.3) is 0 Å². The number of carbonyl (C=O) groups excluding carboxylic acids is 1. The van der Waals surface area contributed by atoms with Crippen molar-refractivity contribution in [2.75, 3.05) is 0 Å². The first-order valence-corrected chi connectivity index (χ1v) is 5.19. The maximum atomic E-state index is 11.0. The van der Waals surface area contributed by atoms with Crippen molar-refractivity contribution in [1.29, 1.82) is 0 Å². The van der Waals surface area contributed by atoms with Crippen LogP contribution in [0.4, 0.5) is 0 Å². The zero-order valence-corrected chi connectivity index (χ0v) is 8.94. The quantitative estimate of drug-likeness (QED) is 0.532. The van der Waals surface area contributed by atoms with Gasteiger partial charge in [-0.15, -0.1) is 0 Å². The van der Waals surface area contributed by atoms with Crippen molar-refractivity contribution in [3.63, 3.8) is 0 Å². The Balaban J connectivity index is 2.14. The van der Waals surface area contributed by atoms with E-state index >= 15 is 0 Å². The van der Waals surface area contributed by atoms with E-state index in [0.717, 1.165) is 18.4 Å². The normalized spacial score (nSPS) is 9.93. The van der Waals surface area contributed by atoms with E-state index in [-0.39, 0.29) is 5.97 Å². The molecule has 0 aromatic heterocycles. The molecule has 0 aliphatic heterocycles. The maximum Gasteiger partial charge on any atom is 0.342 e. The summed E-state index contributed by atoms with van der Waals surface area (Å²) in [7, 11) is 0. The third-order valence-corrected chi connectivity index (χ3v) is 1.95. The van der Waals surface area contributed by atoms with E-state index in [1.165, 1.54) is 0 Å². The summed E-state index contributed by atoms with van der Waals surface area (Å²) in [5.74, 6) is -0.298. The molecule has 3 heteroatoms. The summed E-state index contributed by atoms with van der Waals surface area (Å²) in [5, 5.41) is 0. The number of carbonyl (C=O) groups is 1. The van der Waals surface area contributed by atoms with Crippen molar-refractivity contribution in [2.24, 2.45) is 0 Å². The molecule has 0 saturated carbocycles. The lowest BCUT2D eigenvalue weighted by atomic mass is 10.2. The monoisotopic (exact) mass is 208 g/mol. The highest BCUT2D eigenvalue weighted by Crippen LogP contribution is 2.02. The molecule has 0 radical (unpaired) electrons. The van der Waals surface area contributed by atoms with Gasteiger partial charge in [0.1, 0.15) is 6.61 Å². The van der Waals surface area contributed by atoms with Crippen molar-refractivity contribution in [3.05, 3.63) is 35.9 Å². The lowest BCUT2D eigenvalue weighted by Gasteiger charge is -2.02. The minimum absolute atomic E-state index is 0.298. The molecule has 0 amide bonds. The molecule has 0 spiro atoms. The molecule has 1 rings (SSSR count). The summed E-state index contributed by atoms with van der Waals surface area (Å²) < 4.78 is 0. The molecule has 0 N–H and O–H groups in total. The second-order valence-electron chi connectivity index (χ2n) is 3.31. The van der Waals surface area contributed by atoms with Gasteiger partial charge in [-0.2, -0.15) is 4.89 Å². The topological polar surface area (TPSA) is 35.5 Å². The summed E-state index contributed by atoms with van der Waals surface area (Å²) in [6, 6.07) is 9.59. The third kappa shape index (κ3) is 5.18. The molecule has 0 fully saturated rings. The van der Waals surface area contributed by atoms with Crippen molar-refractivity contribution in [3.8, 4) is 0 Å². The van der Waals surface area contributed by atoms with Crippen molar-refractivity contribution in [2.45, 2.75) is 32.8 Å². The summed E-state index contributed by atoms with van der Waals surface area (Å²) in [6.07, 6.45) is 2.24. The molecule has 1 aromatic rings. The Kier molecular flexibility index (Phi) is 5.48. The minimum Gasteiger partial charge on any atom is -0.298 e. The zero-order chi connectivity index (χ0) is 10.9. The zero-order valence-electron chi connectivity index (χ0n) is 8.94. The highest BCUT2D eigenvalue weighted by atomic mass is 17.2. The van der Waals surface area contributed by atoms with Gasteiger partial charge in [-0.05, 0) is 12.0 Å². The molecule has 0 aliphatic carbocycles. The first-order valence-electron chi connectivity index (χ1n) is 5.19. The second-order valence-corrected chi connectivity index (χ2v) is 3.31. The van der Waals surface area contributed by atoms with E-state index in [2.05, 4.69) is 4.89 Å². The molecule has 0 unspecified atom stereocenters. The smallest absolute Gasteiger partial charge is 0.298 e. The van der Waals surface area contributed by atoms with Crippen molar-refractivity contribution < 1.29 is 14.6 Å². The van der Waals surface area contributed by atoms with Gasteiger partial charge in [-0.3, -0.25) is 4.89 Å². The number of unbranched alkanes of at least 4 members (excludes halogenated alkanes) is 1. The maximum absolute atomic E-state index is 11.0. The largest absolute Gasteiger partial charge is 0.342 e. The van der Waals surface area contributed by atoms with E-state index < -0.39 is 0 Å². The second kappa shape index (κ2) is 7.01. The molecule has 0 bridgehead atoms. The summed E-state index contributed by atoms with van der Waals surface area (Å²) in [4.78, 5) is 20.5. The summed E-state index contributed by atoms with van der Waals surface area (Å²) in [6.45, 7) is 2.33. The van der Waals surface area contributed by atoms with Crippen LogP contribution in [0.5, 0.6) is 0 Å². The van der Waals surface area contributed by atoms with Gasteiger partial charge in [0.05, 0.1) is 0 Å². The fourth-order valence-electron chi connectivity index (χ4n) is 1.10. The Labute approximate surface area is 89.9 Å². The third-order valence-electron chi connectivity index (χ3n) is 1.95. The van der Waals surface area contributed by atoms with Crippen LogP contribution in [0, 0.1) is 0 Å². The number of hydrogen-bond donors (Lipinski definition) is 0. The standard InChI is InChI=1S/C12H16O3/c1-2-3-9-12(13)15-14-10-11-7-5-4-6-8-11/h4-8H,2-3,9-10H2,1H3. The summed E-state index contributed by atoms with van der Waals surface area (Å²) >= 11 is 0. The Morgan fingerprint density at radius 1 is 1.27 bits per heavy atom. The lowest BCUT2D eigenvalue weighted by Crippen LogP contribution is -2.05. The average molecular weight is 208 g/mol. The van der Waals surface area contributed by atoms with Gasteiger partial charge in [-0.1, -0.05) is 43.7 Å². The molecule has 1 aromatic carbocycles. The van der Waals surface area contributed by atoms with Crippen molar-refractivity contribution in [1.82, 2.24) is 0 Å². The first-order chi connectivity index (χ1) is 7.33. The van der Waals surface area contributed by atoms with E-state index in [0.29, 0.717) is 13.0 Å². The average Bonchev–Trinajstić information content (AvgIpc) is 2.28. The molecule has 3 nitrogen and oxygen atoms in total. The van der Waals surface area contributed by atoms with E-state index in [1.54, 1.807) is 0 Å².